The van der Waals surface area contributed by atoms with Crippen LogP contribution in [0.15, 0.2) is 24.3 Å². The second-order valence-electron chi connectivity index (χ2n) is 6.75. The van der Waals surface area contributed by atoms with Crippen LogP contribution in [-0.2, 0) is 0 Å². The summed E-state index contributed by atoms with van der Waals surface area (Å²) in [5.74, 6) is 0.0524. The number of hydrogen-bond acceptors (Lipinski definition) is 3. The third-order valence-corrected chi connectivity index (χ3v) is 4.99. The minimum Gasteiger partial charge on any atom is -0.372 e. The van der Waals surface area contributed by atoms with Crippen molar-refractivity contribution in [3.8, 4) is 0 Å². The smallest absolute Gasteiger partial charge is 0.251 e. The molecule has 4 heteroatoms. The van der Waals surface area contributed by atoms with Crippen LogP contribution in [0.1, 0.15) is 48.9 Å². The van der Waals surface area contributed by atoms with Crippen molar-refractivity contribution in [3.63, 3.8) is 0 Å². The fraction of sp³-hybridized carbons (Fsp3) is 0.632. The van der Waals surface area contributed by atoms with Gasteiger partial charge in [0.2, 0.25) is 0 Å². The number of carbonyl (C=O) groups is 1. The molecule has 0 bridgehead atoms. The number of likely N-dealkylation sites (tertiary alicyclic amines) is 1. The Morgan fingerprint density at radius 3 is 2.26 bits per heavy atom. The minimum atomic E-state index is 0.0524. The third kappa shape index (κ3) is 4.71. The van der Waals surface area contributed by atoms with Crippen molar-refractivity contribution < 1.29 is 4.79 Å². The van der Waals surface area contributed by atoms with Crippen LogP contribution in [0.5, 0.6) is 0 Å². The first-order valence-corrected chi connectivity index (χ1v) is 9.18. The van der Waals surface area contributed by atoms with Gasteiger partial charge in [0.15, 0.2) is 0 Å². The highest BCUT2D eigenvalue weighted by Crippen LogP contribution is 2.20. The van der Waals surface area contributed by atoms with Crippen molar-refractivity contribution in [3.05, 3.63) is 29.8 Å². The molecule has 1 aromatic carbocycles. The average Bonchev–Trinajstić information content (AvgIpc) is 3.13. The van der Waals surface area contributed by atoms with Gasteiger partial charge >= 0.3 is 0 Å². The van der Waals surface area contributed by atoms with E-state index in [-0.39, 0.29) is 5.91 Å². The second-order valence-corrected chi connectivity index (χ2v) is 6.75. The van der Waals surface area contributed by atoms with Gasteiger partial charge in [0.25, 0.3) is 5.91 Å². The van der Waals surface area contributed by atoms with Crippen LogP contribution in [0.3, 0.4) is 0 Å². The molecule has 1 amide bonds. The molecule has 0 aromatic heterocycles. The number of rotatable bonds is 6. The van der Waals surface area contributed by atoms with Gasteiger partial charge in [-0.3, -0.25) is 4.79 Å². The molecule has 0 radical (unpaired) electrons. The van der Waals surface area contributed by atoms with E-state index in [0.29, 0.717) is 0 Å². The first-order valence-electron chi connectivity index (χ1n) is 9.18. The van der Waals surface area contributed by atoms with Crippen LogP contribution < -0.4 is 10.2 Å². The molecule has 2 aliphatic rings. The molecule has 2 heterocycles. The molecule has 2 aliphatic heterocycles. The lowest BCUT2D eigenvalue weighted by Crippen LogP contribution is -2.30. The SMILES string of the molecule is O=C(NCCCN1CCCC1)c1ccc(N2CCCCC2)cc1. The zero-order chi connectivity index (χ0) is 15.9. The normalized spacial score (nSPS) is 19.0. The topological polar surface area (TPSA) is 35.6 Å². The Bertz CT molecular complexity index is 488. The zero-order valence-electron chi connectivity index (χ0n) is 14.1. The number of anilines is 1. The van der Waals surface area contributed by atoms with E-state index < -0.39 is 0 Å². The predicted molar refractivity (Wildman–Crippen MR) is 95.1 cm³/mol. The van der Waals surface area contributed by atoms with Crippen LogP contribution >= 0.6 is 0 Å². The van der Waals surface area contributed by atoms with E-state index in [0.717, 1.165) is 38.2 Å². The van der Waals surface area contributed by atoms with Gasteiger partial charge in [-0.05, 0) is 82.4 Å². The Balaban J connectivity index is 1.41. The van der Waals surface area contributed by atoms with Gasteiger partial charge in [-0.1, -0.05) is 0 Å². The van der Waals surface area contributed by atoms with Gasteiger partial charge in [0, 0.05) is 30.9 Å². The molecule has 2 saturated heterocycles. The molecule has 0 aliphatic carbocycles. The van der Waals surface area contributed by atoms with Gasteiger partial charge in [-0.15, -0.1) is 0 Å². The molecule has 0 unspecified atom stereocenters. The molecular formula is C19H29N3O. The van der Waals surface area contributed by atoms with Gasteiger partial charge in [0.05, 0.1) is 0 Å². The van der Waals surface area contributed by atoms with Crippen molar-refractivity contribution in [2.24, 2.45) is 0 Å². The summed E-state index contributed by atoms with van der Waals surface area (Å²) in [4.78, 5) is 17.1. The van der Waals surface area contributed by atoms with E-state index in [1.54, 1.807) is 0 Å². The summed E-state index contributed by atoms with van der Waals surface area (Å²) in [7, 11) is 0. The number of piperidine rings is 1. The Morgan fingerprint density at radius 1 is 0.913 bits per heavy atom. The number of nitrogens with zero attached hydrogens (tertiary/aromatic N) is 2. The molecule has 23 heavy (non-hydrogen) atoms. The highest BCUT2D eigenvalue weighted by atomic mass is 16.1. The number of nitrogens with one attached hydrogen (secondary N) is 1. The number of benzene rings is 1. The molecule has 0 spiro atoms. The van der Waals surface area contributed by atoms with E-state index in [1.165, 1.54) is 50.9 Å². The summed E-state index contributed by atoms with van der Waals surface area (Å²) in [6.45, 7) is 6.61. The molecule has 2 fully saturated rings. The van der Waals surface area contributed by atoms with Crippen LogP contribution in [0.4, 0.5) is 5.69 Å². The van der Waals surface area contributed by atoms with E-state index >= 15 is 0 Å². The van der Waals surface area contributed by atoms with Gasteiger partial charge in [-0.25, -0.2) is 0 Å². The van der Waals surface area contributed by atoms with Crippen LogP contribution in [0.2, 0.25) is 0 Å². The lowest BCUT2D eigenvalue weighted by atomic mass is 10.1. The number of hydrogen-bond donors (Lipinski definition) is 1. The summed E-state index contributed by atoms with van der Waals surface area (Å²) in [6.07, 6.45) is 7.59. The maximum absolute atomic E-state index is 12.2. The standard InChI is InChI=1S/C19H29N3O/c23-19(20-11-6-14-21-12-4-5-13-21)17-7-9-18(10-8-17)22-15-2-1-3-16-22/h7-10H,1-6,11-16H2,(H,20,23). The molecule has 4 nitrogen and oxygen atoms in total. The molecule has 1 aromatic rings. The number of amides is 1. The molecule has 0 saturated carbocycles. The zero-order valence-corrected chi connectivity index (χ0v) is 14.1. The quantitative estimate of drug-likeness (QED) is 0.820. The van der Waals surface area contributed by atoms with Crippen molar-refractivity contribution in [2.45, 2.75) is 38.5 Å². The van der Waals surface area contributed by atoms with E-state index in [9.17, 15) is 4.79 Å². The first kappa shape index (κ1) is 16.3. The number of carbonyl (C=O) groups excluding carboxylic acids is 1. The maximum atomic E-state index is 12.2. The van der Waals surface area contributed by atoms with Crippen molar-refractivity contribution in [2.75, 3.05) is 44.2 Å². The minimum absolute atomic E-state index is 0.0524. The Hall–Kier alpha value is -1.55. The first-order chi connectivity index (χ1) is 11.3. The molecular weight excluding hydrogens is 286 g/mol. The van der Waals surface area contributed by atoms with Crippen LogP contribution in [-0.4, -0.2) is 50.1 Å². The highest BCUT2D eigenvalue weighted by molar-refractivity contribution is 5.94. The van der Waals surface area contributed by atoms with E-state index in [4.69, 9.17) is 0 Å². The summed E-state index contributed by atoms with van der Waals surface area (Å²) in [5.41, 5.74) is 2.02. The van der Waals surface area contributed by atoms with Crippen LogP contribution in [0, 0.1) is 0 Å². The summed E-state index contributed by atoms with van der Waals surface area (Å²) >= 11 is 0. The Morgan fingerprint density at radius 2 is 1.57 bits per heavy atom. The molecule has 1 N–H and O–H groups in total. The monoisotopic (exact) mass is 315 g/mol. The van der Waals surface area contributed by atoms with E-state index in [1.807, 2.05) is 12.1 Å². The average molecular weight is 315 g/mol. The van der Waals surface area contributed by atoms with Gasteiger partial charge < -0.3 is 15.1 Å². The lowest BCUT2D eigenvalue weighted by molar-refractivity contribution is 0.0952. The third-order valence-electron chi connectivity index (χ3n) is 4.99. The fourth-order valence-electron chi connectivity index (χ4n) is 3.59. The van der Waals surface area contributed by atoms with Gasteiger partial charge in [-0.2, -0.15) is 0 Å². The maximum Gasteiger partial charge on any atom is 0.251 e. The second kappa shape index (κ2) is 8.34. The van der Waals surface area contributed by atoms with Gasteiger partial charge in [0.1, 0.15) is 0 Å². The highest BCUT2D eigenvalue weighted by Gasteiger charge is 2.13. The summed E-state index contributed by atoms with van der Waals surface area (Å²) < 4.78 is 0. The summed E-state index contributed by atoms with van der Waals surface area (Å²) in [5, 5.41) is 3.04. The molecule has 0 atom stereocenters. The summed E-state index contributed by atoms with van der Waals surface area (Å²) in [6, 6.07) is 8.09. The Kier molecular flexibility index (Phi) is 5.92. The van der Waals surface area contributed by atoms with E-state index in [2.05, 4.69) is 27.2 Å². The van der Waals surface area contributed by atoms with Crippen molar-refractivity contribution >= 4 is 11.6 Å². The fourth-order valence-corrected chi connectivity index (χ4v) is 3.59. The largest absolute Gasteiger partial charge is 0.372 e. The lowest BCUT2D eigenvalue weighted by Gasteiger charge is -2.28. The van der Waals surface area contributed by atoms with Crippen LogP contribution in [0.25, 0.3) is 0 Å². The van der Waals surface area contributed by atoms with Crippen molar-refractivity contribution in [1.82, 2.24) is 10.2 Å². The predicted octanol–water partition coefficient (Wildman–Crippen LogP) is 2.89. The molecule has 3 rings (SSSR count). The Labute approximate surface area is 139 Å². The molecule has 126 valence electrons. The van der Waals surface area contributed by atoms with Crippen molar-refractivity contribution in [1.29, 1.82) is 0 Å².